The monoisotopic (exact) mass is 323 g/mol. The molecule has 1 aromatic rings. The van der Waals surface area contributed by atoms with Crippen LogP contribution >= 0.6 is 0 Å². The van der Waals surface area contributed by atoms with E-state index in [9.17, 15) is 9.18 Å². The molecule has 0 aromatic heterocycles. The highest BCUT2D eigenvalue weighted by Gasteiger charge is 2.31. The van der Waals surface area contributed by atoms with Crippen LogP contribution in [-0.4, -0.2) is 36.8 Å². The summed E-state index contributed by atoms with van der Waals surface area (Å²) in [6.07, 6.45) is 1.35. The van der Waals surface area contributed by atoms with E-state index in [1.807, 2.05) is 20.8 Å². The Kier molecular flexibility index (Phi) is 5.63. The van der Waals surface area contributed by atoms with Gasteiger partial charge in [0.05, 0.1) is 6.10 Å². The van der Waals surface area contributed by atoms with Gasteiger partial charge in [-0.1, -0.05) is 12.1 Å². The minimum atomic E-state index is -0.475. The Morgan fingerprint density at radius 1 is 1.22 bits per heavy atom. The molecule has 1 atom stereocenters. The Balaban J connectivity index is 1.94. The molecular weight excluding hydrogens is 297 g/mol. The van der Waals surface area contributed by atoms with Gasteiger partial charge >= 0.3 is 6.09 Å². The largest absolute Gasteiger partial charge is 0.444 e. The van der Waals surface area contributed by atoms with Gasteiger partial charge in [0.2, 0.25) is 0 Å². The lowest BCUT2D eigenvalue weighted by atomic mass is 9.87. The highest BCUT2D eigenvalue weighted by Crippen LogP contribution is 2.33. The highest BCUT2D eigenvalue weighted by atomic mass is 19.1. The molecule has 1 aliphatic rings. The van der Waals surface area contributed by atoms with Crippen molar-refractivity contribution >= 4 is 6.09 Å². The SMILES string of the molecule is COC(c1ccc(F)cc1)C1CCN(C(=O)OC(C)(C)C)CC1. The summed E-state index contributed by atoms with van der Waals surface area (Å²) in [5.41, 5.74) is 0.501. The highest BCUT2D eigenvalue weighted by molar-refractivity contribution is 5.68. The third kappa shape index (κ3) is 4.93. The Morgan fingerprint density at radius 2 is 1.78 bits per heavy atom. The summed E-state index contributed by atoms with van der Waals surface area (Å²) in [7, 11) is 1.67. The summed E-state index contributed by atoms with van der Waals surface area (Å²) in [5.74, 6) is 0.0625. The van der Waals surface area contributed by atoms with Gasteiger partial charge in [-0.15, -0.1) is 0 Å². The summed E-state index contributed by atoms with van der Waals surface area (Å²) in [6.45, 7) is 6.91. The summed E-state index contributed by atoms with van der Waals surface area (Å²) >= 11 is 0. The Hall–Kier alpha value is -1.62. The molecule has 1 saturated heterocycles. The molecule has 0 bridgehead atoms. The van der Waals surface area contributed by atoms with Crippen LogP contribution in [0.25, 0.3) is 0 Å². The molecule has 1 aromatic carbocycles. The van der Waals surface area contributed by atoms with Gasteiger partial charge in [-0.05, 0) is 57.2 Å². The molecule has 1 aliphatic heterocycles. The van der Waals surface area contributed by atoms with Gasteiger partial charge < -0.3 is 14.4 Å². The molecular formula is C18H26FNO3. The average molecular weight is 323 g/mol. The molecule has 2 rings (SSSR count). The van der Waals surface area contributed by atoms with Crippen LogP contribution in [-0.2, 0) is 9.47 Å². The first-order chi connectivity index (χ1) is 10.8. The van der Waals surface area contributed by atoms with Crippen molar-refractivity contribution < 1.29 is 18.7 Å². The normalized spacial score (nSPS) is 17.9. The molecule has 0 radical (unpaired) electrons. The number of likely N-dealkylation sites (tertiary alicyclic amines) is 1. The van der Waals surface area contributed by atoms with Crippen molar-refractivity contribution in [1.82, 2.24) is 4.90 Å². The predicted molar refractivity (Wildman–Crippen MR) is 86.7 cm³/mol. The zero-order chi connectivity index (χ0) is 17.0. The van der Waals surface area contributed by atoms with E-state index in [1.54, 1.807) is 24.1 Å². The second-order valence-corrected chi connectivity index (χ2v) is 7.01. The zero-order valence-electron chi connectivity index (χ0n) is 14.3. The van der Waals surface area contributed by atoms with Crippen LogP contribution in [0, 0.1) is 11.7 Å². The Morgan fingerprint density at radius 3 is 2.26 bits per heavy atom. The fraction of sp³-hybridized carbons (Fsp3) is 0.611. The predicted octanol–water partition coefficient (Wildman–Crippen LogP) is 4.16. The van der Waals surface area contributed by atoms with Crippen molar-refractivity contribution in [3.05, 3.63) is 35.6 Å². The molecule has 0 saturated carbocycles. The van der Waals surface area contributed by atoms with Crippen LogP contribution in [0.15, 0.2) is 24.3 Å². The maximum absolute atomic E-state index is 13.1. The molecule has 1 heterocycles. The first kappa shape index (κ1) is 17.7. The van der Waals surface area contributed by atoms with E-state index in [0.717, 1.165) is 18.4 Å². The number of amides is 1. The van der Waals surface area contributed by atoms with Crippen LogP contribution in [0.3, 0.4) is 0 Å². The standard InChI is InChI=1S/C18H26FNO3/c1-18(2,3)23-17(21)20-11-9-14(10-12-20)16(22-4)13-5-7-15(19)8-6-13/h5-8,14,16H,9-12H2,1-4H3. The van der Waals surface area contributed by atoms with Gasteiger partial charge in [-0.25, -0.2) is 9.18 Å². The van der Waals surface area contributed by atoms with Gasteiger partial charge in [-0.3, -0.25) is 0 Å². The van der Waals surface area contributed by atoms with Gasteiger partial charge in [-0.2, -0.15) is 0 Å². The van der Waals surface area contributed by atoms with E-state index in [0.29, 0.717) is 19.0 Å². The third-order valence-corrected chi connectivity index (χ3v) is 4.07. The van der Waals surface area contributed by atoms with Crippen LogP contribution in [0.1, 0.15) is 45.3 Å². The van der Waals surface area contributed by atoms with E-state index < -0.39 is 5.60 Å². The minimum Gasteiger partial charge on any atom is -0.444 e. The van der Waals surface area contributed by atoms with E-state index in [4.69, 9.17) is 9.47 Å². The quantitative estimate of drug-likeness (QED) is 0.838. The number of hydrogen-bond donors (Lipinski definition) is 0. The molecule has 0 spiro atoms. The maximum Gasteiger partial charge on any atom is 0.410 e. The van der Waals surface area contributed by atoms with Crippen molar-refractivity contribution in [1.29, 1.82) is 0 Å². The average Bonchev–Trinajstić information content (AvgIpc) is 2.49. The fourth-order valence-electron chi connectivity index (χ4n) is 2.96. The number of nitrogens with zero attached hydrogens (tertiary/aromatic N) is 1. The number of methoxy groups -OCH3 is 1. The molecule has 0 aliphatic carbocycles. The van der Waals surface area contributed by atoms with Crippen molar-refractivity contribution in [3.8, 4) is 0 Å². The van der Waals surface area contributed by atoms with Crippen LogP contribution in [0.4, 0.5) is 9.18 Å². The summed E-state index contributed by atoms with van der Waals surface area (Å²) in [4.78, 5) is 13.8. The molecule has 1 fully saturated rings. The summed E-state index contributed by atoms with van der Waals surface area (Å²) in [6, 6.07) is 6.45. The van der Waals surface area contributed by atoms with Gasteiger partial charge in [0.15, 0.2) is 0 Å². The lowest BCUT2D eigenvalue weighted by molar-refractivity contribution is -0.00233. The Labute approximate surface area is 137 Å². The van der Waals surface area contributed by atoms with Crippen LogP contribution in [0.2, 0.25) is 0 Å². The number of carbonyl (C=O) groups is 1. The molecule has 5 heteroatoms. The molecule has 1 unspecified atom stereocenters. The first-order valence-corrected chi connectivity index (χ1v) is 8.06. The number of piperidine rings is 1. The van der Waals surface area contributed by atoms with Crippen LogP contribution < -0.4 is 0 Å². The topological polar surface area (TPSA) is 38.8 Å². The van der Waals surface area contributed by atoms with Crippen molar-refractivity contribution in [3.63, 3.8) is 0 Å². The molecule has 4 nitrogen and oxygen atoms in total. The first-order valence-electron chi connectivity index (χ1n) is 8.06. The van der Waals surface area contributed by atoms with Gasteiger partial charge in [0, 0.05) is 20.2 Å². The van der Waals surface area contributed by atoms with Crippen LogP contribution in [0.5, 0.6) is 0 Å². The van der Waals surface area contributed by atoms with Crippen molar-refractivity contribution in [2.45, 2.75) is 45.3 Å². The van der Waals surface area contributed by atoms with Crippen molar-refractivity contribution in [2.75, 3.05) is 20.2 Å². The lowest BCUT2D eigenvalue weighted by Gasteiger charge is -2.36. The smallest absolute Gasteiger partial charge is 0.410 e. The minimum absolute atomic E-state index is 0.0728. The second-order valence-electron chi connectivity index (χ2n) is 7.01. The van der Waals surface area contributed by atoms with E-state index in [1.165, 1.54) is 12.1 Å². The van der Waals surface area contributed by atoms with E-state index in [-0.39, 0.29) is 18.0 Å². The third-order valence-electron chi connectivity index (χ3n) is 4.07. The molecule has 1 amide bonds. The number of halogens is 1. The Bertz CT molecular complexity index is 516. The zero-order valence-corrected chi connectivity index (χ0v) is 14.3. The number of carbonyl (C=O) groups excluding carboxylic acids is 1. The number of ether oxygens (including phenoxy) is 2. The fourth-order valence-corrected chi connectivity index (χ4v) is 2.96. The molecule has 128 valence electrons. The van der Waals surface area contributed by atoms with Gasteiger partial charge in [0.1, 0.15) is 11.4 Å². The lowest BCUT2D eigenvalue weighted by Crippen LogP contribution is -2.42. The number of rotatable bonds is 3. The van der Waals surface area contributed by atoms with E-state index in [2.05, 4.69) is 0 Å². The molecule has 0 N–H and O–H groups in total. The van der Waals surface area contributed by atoms with Crippen molar-refractivity contribution in [2.24, 2.45) is 5.92 Å². The summed E-state index contributed by atoms with van der Waals surface area (Å²) in [5, 5.41) is 0. The maximum atomic E-state index is 13.1. The second kappa shape index (κ2) is 7.30. The van der Waals surface area contributed by atoms with E-state index >= 15 is 0 Å². The number of hydrogen-bond acceptors (Lipinski definition) is 3. The molecule has 23 heavy (non-hydrogen) atoms. The number of benzene rings is 1. The summed E-state index contributed by atoms with van der Waals surface area (Å²) < 4.78 is 24.1. The van der Waals surface area contributed by atoms with Gasteiger partial charge in [0.25, 0.3) is 0 Å².